The number of halogens is 1. The van der Waals surface area contributed by atoms with Crippen molar-refractivity contribution >= 4 is 53.2 Å². The number of rotatable bonds is 16. The molecule has 4 aromatic carbocycles. The molecule has 0 spiro atoms. The third kappa shape index (κ3) is 14.3. The molecule has 17 nitrogen and oxygen atoms in total. The maximum Gasteiger partial charge on any atom is 0.411 e. The number of carbonyl (C=O) groups is 7. The quantitative estimate of drug-likeness (QED) is 0.0533. The molecule has 4 aromatic rings. The van der Waals surface area contributed by atoms with Crippen LogP contribution in [0.25, 0.3) is 11.1 Å². The Morgan fingerprint density at radius 3 is 2.06 bits per heavy atom. The molecule has 2 heterocycles. The monoisotopic (exact) mass is 1100 g/mol. The molecular weight excluding hydrogens is 1030 g/mol. The molecule has 1 fully saturated rings. The number of benzene rings is 4. The molecule has 6 amide bonds. The summed E-state index contributed by atoms with van der Waals surface area (Å²) in [5.74, 6) is -3.31. The van der Waals surface area contributed by atoms with Crippen LogP contribution in [-0.4, -0.2) is 103 Å². The van der Waals surface area contributed by atoms with Gasteiger partial charge in [0.2, 0.25) is 29.5 Å². The van der Waals surface area contributed by atoms with Gasteiger partial charge in [-0.3, -0.25) is 28.9 Å². The van der Waals surface area contributed by atoms with Gasteiger partial charge in [0.25, 0.3) is 0 Å². The van der Waals surface area contributed by atoms with Gasteiger partial charge in [0.15, 0.2) is 6.10 Å². The molecule has 79 heavy (non-hydrogen) atoms. The zero-order valence-corrected chi connectivity index (χ0v) is 47.6. The first-order valence-electron chi connectivity index (χ1n) is 27.0. The minimum Gasteiger partial charge on any atom is -0.495 e. The van der Waals surface area contributed by atoms with E-state index in [0.29, 0.717) is 16.3 Å². The molecular formula is C61H75ClN6O11. The fourth-order valence-electron chi connectivity index (χ4n) is 10.1. The molecule has 1 saturated heterocycles. The molecule has 3 aliphatic rings. The summed E-state index contributed by atoms with van der Waals surface area (Å²) in [6.07, 6.45) is 0.586. The number of fused-ring (bicyclic) bond motifs is 3. The Kier molecular flexibility index (Phi) is 19.3. The van der Waals surface area contributed by atoms with Crippen LogP contribution < -0.4 is 31.3 Å². The smallest absolute Gasteiger partial charge is 0.411 e. The number of esters is 1. The molecule has 0 bridgehead atoms. The summed E-state index contributed by atoms with van der Waals surface area (Å²) in [6.45, 7) is 16.2. The van der Waals surface area contributed by atoms with Gasteiger partial charge < -0.3 is 45.5 Å². The van der Waals surface area contributed by atoms with E-state index in [1.165, 1.54) is 25.1 Å². The van der Waals surface area contributed by atoms with E-state index in [0.717, 1.165) is 33.4 Å². The van der Waals surface area contributed by atoms with Gasteiger partial charge in [-0.2, -0.15) is 0 Å². The van der Waals surface area contributed by atoms with Crippen molar-refractivity contribution in [1.82, 2.24) is 31.5 Å². The second kappa shape index (κ2) is 25.7. The molecule has 7 rings (SSSR count). The van der Waals surface area contributed by atoms with Crippen molar-refractivity contribution in [2.24, 2.45) is 23.2 Å². The Balaban J connectivity index is 0.972. The SMILES string of the molecule is COc1ccc(C[C@H]2NC(=O)/C=C\C[C@@H]([C@H](C)C3OC3c3ccc(CNC(=O)[C@H](C)NC(=O)[C@H](C(C)C)N(C)C(=O)OC4c5ccccc5-c5ccccc54)cc3)OC(=O)[C@H](CC(C)C)NC(=O)C(C)(C)C(C)NC2=O)cc1Cl. The van der Waals surface area contributed by atoms with Crippen LogP contribution in [-0.2, 0) is 55.9 Å². The molecule has 1 aliphatic carbocycles. The molecule has 2 aliphatic heterocycles. The zero-order valence-electron chi connectivity index (χ0n) is 46.9. The van der Waals surface area contributed by atoms with E-state index >= 15 is 0 Å². The van der Waals surface area contributed by atoms with Crippen molar-refractivity contribution in [3.63, 3.8) is 0 Å². The van der Waals surface area contributed by atoms with Gasteiger partial charge in [-0.05, 0) is 92.0 Å². The lowest BCUT2D eigenvalue weighted by Crippen LogP contribution is -2.58. The van der Waals surface area contributed by atoms with Gasteiger partial charge in [0.05, 0.1) is 23.7 Å². The molecule has 0 saturated carbocycles. The van der Waals surface area contributed by atoms with Crippen LogP contribution in [0.2, 0.25) is 5.02 Å². The highest BCUT2D eigenvalue weighted by Crippen LogP contribution is 2.46. The first-order valence-corrected chi connectivity index (χ1v) is 27.4. The van der Waals surface area contributed by atoms with E-state index in [-0.39, 0.29) is 55.8 Å². The summed E-state index contributed by atoms with van der Waals surface area (Å²) in [7, 11) is 3.02. The number of hydrogen-bond donors (Lipinski definition) is 5. The second-order valence-electron chi connectivity index (χ2n) is 22.3. The van der Waals surface area contributed by atoms with Gasteiger partial charge in [0.1, 0.15) is 42.1 Å². The Bertz CT molecular complexity index is 2880. The summed E-state index contributed by atoms with van der Waals surface area (Å²) in [5.41, 5.74) is 4.83. The van der Waals surface area contributed by atoms with E-state index in [1.807, 2.05) is 107 Å². The van der Waals surface area contributed by atoms with Crippen molar-refractivity contribution < 1.29 is 52.5 Å². The number of carbonyl (C=O) groups excluding carboxylic acids is 7. The van der Waals surface area contributed by atoms with Crippen molar-refractivity contribution in [3.8, 4) is 16.9 Å². The Hall–Kier alpha value is -7.24. The highest BCUT2D eigenvalue weighted by atomic mass is 35.5. The van der Waals surface area contributed by atoms with Crippen LogP contribution in [0.15, 0.2) is 103 Å². The Labute approximate surface area is 468 Å². The van der Waals surface area contributed by atoms with Crippen LogP contribution in [0.5, 0.6) is 5.75 Å². The Morgan fingerprint density at radius 1 is 0.823 bits per heavy atom. The standard InChI is InChI=1S/C61H75ClN6O11/c1-33(2)29-47-58(73)77-48(21-16-22-50(69)66-46(31-39-25-28-49(76-11)45(62)30-39)56(71)65-37(7)61(8,9)59(74)67-47)35(5)52-53(78-52)40-26-23-38(24-27-40)32-63-55(70)36(6)64-57(72)51(34(3)4)68(10)60(75)79-54-43-19-14-12-17-41(43)42-18-13-15-20-44(42)54/h12-20,22-28,30,33-37,46-48,51-54H,21,29,31-32H2,1-11H3,(H,63,70)(H,64,72)(H,65,71)(H,66,69)(H,67,74)/b22-16-/t35-,36-,37?,46+,47-,48-,51-,52?,53?/m0/s1. The van der Waals surface area contributed by atoms with Crippen LogP contribution in [0.1, 0.15) is 115 Å². The third-order valence-electron chi connectivity index (χ3n) is 15.3. The molecule has 18 heteroatoms. The lowest BCUT2D eigenvalue weighted by molar-refractivity contribution is -0.157. The average Bonchev–Trinajstić information content (AvgIpc) is 4.23. The van der Waals surface area contributed by atoms with E-state index in [2.05, 4.69) is 26.6 Å². The van der Waals surface area contributed by atoms with E-state index in [4.69, 9.17) is 30.5 Å². The topological polar surface area (TPSA) is 223 Å². The summed E-state index contributed by atoms with van der Waals surface area (Å²) in [5, 5.41) is 14.7. The van der Waals surface area contributed by atoms with Crippen molar-refractivity contribution in [2.75, 3.05) is 14.2 Å². The van der Waals surface area contributed by atoms with E-state index in [1.54, 1.807) is 52.0 Å². The largest absolute Gasteiger partial charge is 0.495 e. The maximum absolute atomic E-state index is 14.1. The molecule has 422 valence electrons. The number of epoxide rings is 1. The molecule has 9 atom stereocenters. The third-order valence-corrected chi connectivity index (χ3v) is 15.6. The Morgan fingerprint density at radius 2 is 1.46 bits per heavy atom. The van der Waals surface area contributed by atoms with Crippen molar-refractivity contribution in [2.45, 2.75) is 143 Å². The normalized spacial score (nSPS) is 22.9. The number of nitrogens with zero attached hydrogens (tertiary/aromatic N) is 1. The van der Waals surface area contributed by atoms with Gasteiger partial charge in [-0.1, -0.05) is 131 Å². The minimum atomic E-state index is -1.20. The number of likely N-dealkylation sites (N-methyl/N-ethyl adjacent to an activating group) is 1. The first-order chi connectivity index (χ1) is 37.5. The van der Waals surface area contributed by atoms with Crippen molar-refractivity contribution in [1.29, 1.82) is 0 Å². The number of ether oxygens (including phenoxy) is 4. The molecule has 5 N–H and O–H groups in total. The molecule has 3 unspecified atom stereocenters. The van der Waals surface area contributed by atoms with Crippen LogP contribution in [0.4, 0.5) is 4.79 Å². The highest BCUT2D eigenvalue weighted by Gasteiger charge is 2.48. The van der Waals surface area contributed by atoms with Crippen LogP contribution in [0.3, 0.4) is 0 Å². The fraction of sp³-hybridized carbons (Fsp3) is 0.459. The summed E-state index contributed by atoms with van der Waals surface area (Å²) in [4.78, 5) is 97.7. The lowest BCUT2D eigenvalue weighted by Gasteiger charge is -2.34. The second-order valence-corrected chi connectivity index (χ2v) is 22.7. The predicted octanol–water partition coefficient (Wildman–Crippen LogP) is 8.07. The lowest BCUT2D eigenvalue weighted by atomic mass is 9.83. The number of methoxy groups -OCH3 is 1. The number of nitrogens with one attached hydrogen (secondary N) is 5. The van der Waals surface area contributed by atoms with Crippen LogP contribution in [0, 0.1) is 23.2 Å². The number of amides is 6. The van der Waals surface area contributed by atoms with Gasteiger partial charge in [0, 0.05) is 49.5 Å². The molecule has 0 aromatic heterocycles. The van der Waals surface area contributed by atoms with E-state index < -0.39 is 89.4 Å². The summed E-state index contributed by atoms with van der Waals surface area (Å²) < 4.78 is 23.8. The number of hydrogen-bond acceptors (Lipinski definition) is 11. The number of cyclic esters (lactones) is 1. The average molecular weight is 1100 g/mol. The van der Waals surface area contributed by atoms with E-state index in [9.17, 15) is 33.6 Å². The van der Waals surface area contributed by atoms with Gasteiger partial charge >= 0.3 is 12.1 Å². The summed E-state index contributed by atoms with van der Waals surface area (Å²) in [6, 6.07) is 23.5. The first kappa shape index (κ1) is 59.4. The maximum atomic E-state index is 14.1. The van der Waals surface area contributed by atoms with Crippen LogP contribution >= 0.6 is 11.6 Å². The molecule has 0 radical (unpaired) electrons. The predicted molar refractivity (Wildman–Crippen MR) is 299 cm³/mol. The minimum absolute atomic E-state index is 0.00208. The van der Waals surface area contributed by atoms with Gasteiger partial charge in [-0.15, -0.1) is 0 Å². The van der Waals surface area contributed by atoms with Gasteiger partial charge in [-0.25, -0.2) is 9.59 Å². The fourth-order valence-corrected chi connectivity index (χ4v) is 10.4. The zero-order chi connectivity index (χ0) is 57.5. The summed E-state index contributed by atoms with van der Waals surface area (Å²) >= 11 is 6.42. The highest BCUT2D eigenvalue weighted by molar-refractivity contribution is 6.32. The van der Waals surface area contributed by atoms with Crippen molar-refractivity contribution in [3.05, 3.63) is 136 Å².